The molecule has 0 bridgehead atoms. The minimum absolute atomic E-state index is 0.451. The predicted octanol–water partition coefficient (Wildman–Crippen LogP) is 1.60. The van der Waals surface area contributed by atoms with E-state index in [1.54, 1.807) is 0 Å². The van der Waals surface area contributed by atoms with Crippen molar-refractivity contribution in [2.45, 2.75) is 32.7 Å². The van der Waals surface area contributed by atoms with Crippen LogP contribution in [0.15, 0.2) is 0 Å². The van der Waals surface area contributed by atoms with Crippen LogP contribution in [0, 0.1) is 0 Å². The fourth-order valence-electron chi connectivity index (χ4n) is 1.82. The van der Waals surface area contributed by atoms with Crippen LogP contribution >= 0.6 is 0 Å². The van der Waals surface area contributed by atoms with Crippen LogP contribution in [-0.4, -0.2) is 49.2 Å². The summed E-state index contributed by atoms with van der Waals surface area (Å²) in [5, 5.41) is 2.98. The molecule has 1 aromatic heterocycles. The molecule has 18 heavy (non-hydrogen) atoms. The van der Waals surface area contributed by atoms with Crippen molar-refractivity contribution in [1.82, 2.24) is 15.0 Å². The lowest BCUT2D eigenvalue weighted by molar-refractivity contribution is 0.580. The van der Waals surface area contributed by atoms with Gasteiger partial charge in [0.1, 0.15) is 0 Å². The summed E-state index contributed by atoms with van der Waals surface area (Å²) in [5.41, 5.74) is 0. The highest BCUT2D eigenvalue weighted by Gasteiger charge is 2.16. The molecule has 1 heterocycles. The number of anilines is 3. The minimum Gasteiger partial charge on any atom is -0.357 e. The summed E-state index contributed by atoms with van der Waals surface area (Å²) >= 11 is 0. The Labute approximate surface area is 109 Å². The Balaban J connectivity index is 3.10. The average molecular weight is 252 g/mol. The summed E-state index contributed by atoms with van der Waals surface area (Å²) in [7, 11) is 7.70. The molecule has 0 aliphatic heterocycles. The predicted molar refractivity (Wildman–Crippen MR) is 76.5 cm³/mol. The molecule has 0 aliphatic rings. The first-order valence-corrected chi connectivity index (χ1v) is 6.37. The van der Waals surface area contributed by atoms with Crippen LogP contribution in [0.1, 0.15) is 26.7 Å². The van der Waals surface area contributed by atoms with Crippen LogP contribution in [-0.2, 0) is 0 Å². The molecule has 0 saturated carbocycles. The summed E-state index contributed by atoms with van der Waals surface area (Å²) in [4.78, 5) is 17.2. The maximum atomic E-state index is 4.49. The largest absolute Gasteiger partial charge is 0.357 e. The van der Waals surface area contributed by atoms with Crippen LogP contribution in [0.5, 0.6) is 0 Å². The van der Waals surface area contributed by atoms with E-state index in [9.17, 15) is 0 Å². The zero-order valence-electron chi connectivity index (χ0n) is 12.2. The monoisotopic (exact) mass is 252 g/mol. The zero-order chi connectivity index (χ0) is 13.7. The van der Waals surface area contributed by atoms with Crippen LogP contribution in [0.2, 0.25) is 0 Å². The van der Waals surface area contributed by atoms with Gasteiger partial charge in [0.05, 0.1) is 0 Å². The second kappa shape index (κ2) is 6.37. The normalized spacial score (nSPS) is 10.6. The van der Waals surface area contributed by atoms with E-state index in [1.165, 1.54) is 0 Å². The van der Waals surface area contributed by atoms with Gasteiger partial charge in [-0.3, -0.25) is 0 Å². The molecule has 1 rings (SSSR count). The van der Waals surface area contributed by atoms with E-state index in [0.29, 0.717) is 23.9 Å². The lowest BCUT2D eigenvalue weighted by Crippen LogP contribution is -2.32. The lowest BCUT2D eigenvalue weighted by atomic mass is 10.1. The molecule has 0 atom stereocenters. The van der Waals surface area contributed by atoms with Gasteiger partial charge in [-0.25, -0.2) is 0 Å². The lowest BCUT2D eigenvalue weighted by Gasteiger charge is -2.27. The summed E-state index contributed by atoms with van der Waals surface area (Å²) in [6.07, 6.45) is 2.15. The number of hydrogen-bond acceptors (Lipinski definition) is 6. The average Bonchev–Trinajstić information content (AvgIpc) is 2.39. The molecule has 102 valence electrons. The molecular formula is C12H24N6. The van der Waals surface area contributed by atoms with Gasteiger partial charge in [0, 0.05) is 34.2 Å². The van der Waals surface area contributed by atoms with Crippen molar-refractivity contribution in [3.05, 3.63) is 0 Å². The van der Waals surface area contributed by atoms with Crippen LogP contribution in [0.25, 0.3) is 0 Å². The van der Waals surface area contributed by atoms with Gasteiger partial charge in [-0.1, -0.05) is 13.8 Å². The molecule has 1 aromatic rings. The Morgan fingerprint density at radius 2 is 1.56 bits per heavy atom. The highest BCUT2D eigenvalue weighted by atomic mass is 15.3. The molecular weight excluding hydrogens is 228 g/mol. The molecule has 1 N–H and O–H groups in total. The topological polar surface area (TPSA) is 57.2 Å². The van der Waals surface area contributed by atoms with Crippen molar-refractivity contribution in [3.8, 4) is 0 Å². The van der Waals surface area contributed by atoms with Crippen molar-refractivity contribution in [3.63, 3.8) is 0 Å². The molecule has 6 nitrogen and oxygen atoms in total. The van der Waals surface area contributed by atoms with Gasteiger partial charge in [0.25, 0.3) is 0 Å². The fourth-order valence-corrected chi connectivity index (χ4v) is 1.82. The van der Waals surface area contributed by atoms with E-state index in [0.717, 1.165) is 12.8 Å². The minimum atomic E-state index is 0.451. The Morgan fingerprint density at radius 1 is 1.00 bits per heavy atom. The fraction of sp³-hybridized carbons (Fsp3) is 0.750. The summed E-state index contributed by atoms with van der Waals surface area (Å²) < 4.78 is 0. The second-order valence-electron chi connectivity index (χ2n) is 4.48. The molecule has 0 amide bonds. The van der Waals surface area contributed by atoms with Crippen molar-refractivity contribution in [2.75, 3.05) is 43.3 Å². The van der Waals surface area contributed by atoms with Crippen molar-refractivity contribution < 1.29 is 0 Å². The molecule has 0 unspecified atom stereocenters. The third-order valence-corrected chi connectivity index (χ3v) is 3.04. The van der Waals surface area contributed by atoms with E-state index in [4.69, 9.17) is 0 Å². The SMILES string of the molecule is CCC(CC)N(C)c1nc(NC)nc(N(C)C)n1. The van der Waals surface area contributed by atoms with E-state index >= 15 is 0 Å². The zero-order valence-corrected chi connectivity index (χ0v) is 12.2. The first-order valence-electron chi connectivity index (χ1n) is 6.37. The number of rotatable bonds is 6. The van der Waals surface area contributed by atoms with Gasteiger partial charge in [0.15, 0.2) is 0 Å². The standard InChI is InChI=1S/C12H24N6/c1-7-9(8-2)18(6)12-15-10(13-3)14-11(16-12)17(4)5/h9H,7-8H2,1-6H3,(H,13,14,15,16). The van der Waals surface area contributed by atoms with E-state index in [2.05, 4.69) is 39.0 Å². The van der Waals surface area contributed by atoms with Gasteiger partial charge < -0.3 is 15.1 Å². The number of nitrogens with zero attached hydrogens (tertiary/aromatic N) is 5. The maximum absolute atomic E-state index is 4.49. The summed E-state index contributed by atoms with van der Waals surface area (Å²) in [6.45, 7) is 4.36. The first kappa shape index (κ1) is 14.5. The van der Waals surface area contributed by atoms with Crippen LogP contribution in [0.3, 0.4) is 0 Å². The number of nitrogens with one attached hydrogen (secondary N) is 1. The van der Waals surface area contributed by atoms with Crippen LogP contribution in [0.4, 0.5) is 17.8 Å². The second-order valence-corrected chi connectivity index (χ2v) is 4.48. The Bertz CT molecular complexity index is 375. The van der Waals surface area contributed by atoms with Gasteiger partial charge >= 0.3 is 0 Å². The molecule has 0 spiro atoms. The van der Waals surface area contributed by atoms with Crippen molar-refractivity contribution in [2.24, 2.45) is 0 Å². The van der Waals surface area contributed by atoms with E-state index in [1.807, 2.05) is 33.1 Å². The smallest absolute Gasteiger partial charge is 0.231 e. The summed E-state index contributed by atoms with van der Waals surface area (Å²) in [5.74, 6) is 1.98. The van der Waals surface area contributed by atoms with Gasteiger partial charge in [-0.2, -0.15) is 15.0 Å². The molecule has 0 fully saturated rings. The third-order valence-electron chi connectivity index (χ3n) is 3.04. The Hall–Kier alpha value is -1.59. The highest BCUT2D eigenvalue weighted by Crippen LogP contribution is 2.18. The molecule has 0 radical (unpaired) electrons. The van der Waals surface area contributed by atoms with E-state index in [-0.39, 0.29) is 0 Å². The number of hydrogen-bond donors (Lipinski definition) is 1. The van der Waals surface area contributed by atoms with Crippen LogP contribution < -0.4 is 15.1 Å². The first-order chi connectivity index (χ1) is 8.53. The van der Waals surface area contributed by atoms with Gasteiger partial charge in [0.2, 0.25) is 17.8 Å². The molecule has 0 saturated heterocycles. The quantitative estimate of drug-likeness (QED) is 0.830. The Morgan fingerprint density at radius 3 is 2.00 bits per heavy atom. The van der Waals surface area contributed by atoms with Crippen molar-refractivity contribution >= 4 is 17.8 Å². The number of aromatic nitrogens is 3. The van der Waals surface area contributed by atoms with Gasteiger partial charge in [-0.05, 0) is 12.8 Å². The maximum Gasteiger partial charge on any atom is 0.231 e. The van der Waals surface area contributed by atoms with E-state index < -0.39 is 0 Å². The molecule has 6 heteroatoms. The molecule has 0 aromatic carbocycles. The highest BCUT2D eigenvalue weighted by molar-refractivity contribution is 5.44. The third kappa shape index (κ3) is 3.21. The van der Waals surface area contributed by atoms with Gasteiger partial charge in [-0.15, -0.1) is 0 Å². The summed E-state index contributed by atoms with van der Waals surface area (Å²) in [6, 6.07) is 0.451. The van der Waals surface area contributed by atoms with Crippen molar-refractivity contribution in [1.29, 1.82) is 0 Å². The Kier molecular flexibility index (Phi) is 5.12. The molecule has 0 aliphatic carbocycles.